The number of benzene rings is 1. The molecule has 5 rings (SSSR count). The van der Waals surface area contributed by atoms with Gasteiger partial charge in [0, 0.05) is 22.8 Å². The molecule has 1 aliphatic rings. The predicted octanol–water partition coefficient (Wildman–Crippen LogP) is 4.79. The molecule has 0 fully saturated rings. The lowest BCUT2D eigenvalue weighted by atomic mass is 9.93. The van der Waals surface area contributed by atoms with Crippen LogP contribution in [0.15, 0.2) is 40.8 Å². The van der Waals surface area contributed by atoms with Crippen LogP contribution >= 0.6 is 22.7 Å². The van der Waals surface area contributed by atoms with Crippen molar-refractivity contribution in [2.45, 2.75) is 58.7 Å². The number of fused-ring (bicyclic) bond motifs is 3. The Bertz CT molecular complexity index is 1300. The highest BCUT2D eigenvalue weighted by molar-refractivity contribution is 7.18. The molecule has 0 amide bonds. The quantitative estimate of drug-likeness (QED) is 0.475. The maximum Gasteiger partial charge on any atom is 0.262 e. The lowest BCUT2D eigenvalue weighted by molar-refractivity contribution is 0.462. The van der Waals surface area contributed by atoms with E-state index < -0.39 is 0 Å². The van der Waals surface area contributed by atoms with Gasteiger partial charge in [0.15, 0.2) is 0 Å². The molecule has 0 saturated carbocycles. The van der Waals surface area contributed by atoms with Crippen molar-refractivity contribution in [2.75, 3.05) is 0 Å². The highest BCUT2D eigenvalue weighted by atomic mass is 32.1. The van der Waals surface area contributed by atoms with E-state index in [9.17, 15) is 4.79 Å². The summed E-state index contributed by atoms with van der Waals surface area (Å²) in [6.45, 7) is 7.02. The fourth-order valence-corrected chi connectivity index (χ4v) is 6.38. The van der Waals surface area contributed by atoms with E-state index in [2.05, 4.69) is 46.5 Å². The molecule has 0 radical (unpaired) electrons. The van der Waals surface area contributed by atoms with Gasteiger partial charge >= 0.3 is 0 Å². The number of nitrogens with one attached hydrogen (secondary N) is 1. The monoisotopic (exact) mass is 450 g/mol. The summed E-state index contributed by atoms with van der Waals surface area (Å²) < 4.78 is 1.74. The third-order valence-corrected chi connectivity index (χ3v) is 8.11. The van der Waals surface area contributed by atoms with Gasteiger partial charge in [0.2, 0.25) is 0 Å². The molecule has 3 heterocycles. The normalized spacial score (nSPS) is 17.1. The molecule has 31 heavy (non-hydrogen) atoms. The zero-order valence-electron chi connectivity index (χ0n) is 18.0. The van der Waals surface area contributed by atoms with Crippen LogP contribution in [-0.4, -0.2) is 20.6 Å². The van der Waals surface area contributed by atoms with Crippen LogP contribution in [0, 0.1) is 13.8 Å². The molecule has 1 N–H and O–H groups in total. The number of aryl methyl sites for hydroxylation is 3. The van der Waals surface area contributed by atoms with Gasteiger partial charge in [-0.3, -0.25) is 9.36 Å². The summed E-state index contributed by atoms with van der Waals surface area (Å²) in [6.07, 6.45) is 4.62. The molecule has 0 saturated heterocycles. The Kier molecular flexibility index (Phi) is 5.50. The minimum absolute atomic E-state index is 0.0619. The maximum atomic E-state index is 13.4. The molecule has 1 aromatic carbocycles. The Morgan fingerprint density at radius 3 is 2.97 bits per heavy atom. The molecule has 4 aromatic rings. The molecule has 160 valence electrons. The van der Waals surface area contributed by atoms with Crippen molar-refractivity contribution in [3.63, 3.8) is 0 Å². The Balaban J connectivity index is 1.39. The smallest absolute Gasteiger partial charge is 0.262 e. The Morgan fingerprint density at radius 2 is 2.19 bits per heavy atom. The second kappa shape index (κ2) is 8.30. The number of hydrogen-bond donors (Lipinski definition) is 1. The minimum atomic E-state index is -0.114. The molecule has 2 atom stereocenters. The Morgan fingerprint density at radius 1 is 1.32 bits per heavy atom. The van der Waals surface area contributed by atoms with Crippen LogP contribution in [0.25, 0.3) is 10.2 Å². The summed E-state index contributed by atoms with van der Waals surface area (Å²) in [5.74, 6) is 0. The van der Waals surface area contributed by atoms with Crippen LogP contribution in [-0.2, 0) is 19.4 Å². The van der Waals surface area contributed by atoms with Crippen molar-refractivity contribution >= 4 is 32.9 Å². The third kappa shape index (κ3) is 3.97. The summed E-state index contributed by atoms with van der Waals surface area (Å²) in [6, 6.07) is 8.96. The molecular formula is C24H26N4OS2. The van der Waals surface area contributed by atoms with Gasteiger partial charge in [-0.1, -0.05) is 29.8 Å². The molecule has 3 aromatic heterocycles. The van der Waals surface area contributed by atoms with E-state index in [1.807, 2.05) is 19.2 Å². The fourth-order valence-electron chi connectivity index (χ4n) is 4.43. The average molecular weight is 451 g/mol. The largest absolute Gasteiger partial charge is 0.310 e. The van der Waals surface area contributed by atoms with Crippen LogP contribution in [0.3, 0.4) is 0 Å². The first kappa shape index (κ1) is 20.5. The first-order valence-corrected chi connectivity index (χ1v) is 12.4. The maximum absolute atomic E-state index is 13.4. The zero-order chi connectivity index (χ0) is 21.5. The number of aromatic nitrogens is 3. The minimum Gasteiger partial charge on any atom is -0.310 e. The predicted molar refractivity (Wildman–Crippen MR) is 128 cm³/mol. The average Bonchev–Trinajstić information content (AvgIpc) is 3.35. The van der Waals surface area contributed by atoms with Gasteiger partial charge in [-0.05, 0) is 51.2 Å². The molecule has 1 aliphatic carbocycles. The second-order valence-electron chi connectivity index (χ2n) is 8.42. The van der Waals surface area contributed by atoms with Crippen molar-refractivity contribution in [3.05, 3.63) is 78.6 Å². The van der Waals surface area contributed by atoms with Crippen molar-refractivity contribution in [1.82, 2.24) is 19.9 Å². The molecule has 7 heteroatoms. The molecule has 0 aliphatic heterocycles. The second-order valence-corrected chi connectivity index (χ2v) is 10.6. The van der Waals surface area contributed by atoms with Crippen molar-refractivity contribution in [2.24, 2.45) is 0 Å². The summed E-state index contributed by atoms with van der Waals surface area (Å²) in [4.78, 5) is 24.8. The number of hydrogen-bond acceptors (Lipinski definition) is 6. The summed E-state index contributed by atoms with van der Waals surface area (Å²) in [5, 5.41) is 7.58. The highest BCUT2D eigenvalue weighted by Crippen LogP contribution is 2.34. The lowest BCUT2D eigenvalue weighted by Crippen LogP contribution is -2.34. The number of thiazole rings is 1. The first-order chi connectivity index (χ1) is 15.0. The SMILES string of the molecule is Cc1cccc(CNC2CCc3c(sc4ncn(C(C)c5csc(C)n5)c(=O)c34)C2)c1. The van der Waals surface area contributed by atoms with Crippen LogP contribution < -0.4 is 10.9 Å². The van der Waals surface area contributed by atoms with Crippen LogP contribution in [0.5, 0.6) is 0 Å². The number of thiophene rings is 1. The summed E-state index contributed by atoms with van der Waals surface area (Å²) >= 11 is 3.30. The van der Waals surface area contributed by atoms with Crippen LogP contribution in [0.4, 0.5) is 0 Å². The van der Waals surface area contributed by atoms with Gasteiger partial charge < -0.3 is 5.32 Å². The first-order valence-electron chi connectivity index (χ1n) is 10.7. The van der Waals surface area contributed by atoms with E-state index in [0.717, 1.165) is 46.7 Å². The third-order valence-electron chi connectivity index (χ3n) is 6.15. The molecule has 0 bridgehead atoms. The lowest BCUT2D eigenvalue weighted by Gasteiger charge is -2.23. The fraction of sp³-hybridized carbons (Fsp3) is 0.375. The van der Waals surface area contributed by atoms with Crippen molar-refractivity contribution in [1.29, 1.82) is 0 Å². The zero-order valence-corrected chi connectivity index (χ0v) is 19.6. The van der Waals surface area contributed by atoms with Crippen molar-refractivity contribution < 1.29 is 0 Å². The standard InChI is InChI=1S/C24H26N4OS2/c1-14-5-4-6-17(9-14)11-25-18-7-8-19-21(10-18)31-23-22(19)24(29)28(13-26-23)15(2)20-12-30-16(3)27-20/h4-6,9,12-13,15,18,25H,7-8,10-11H2,1-3H3. The van der Waals surface area contributed by atoms with E-state index in [0.29, 0.717) is 6.04 Å². The van der Waals surface area contributed by atoms with Crippen molar-refractivity contribution in [3.8, 4) is 0 Å². The van der Waals surface area contributed by atoms with Gasteiger partial charge in [-0.15, -0.1) is 22.7 Å². The van der Waals surface area contributed by atoms with E-state index in [1.165, 1.54) is 21.6 Å². The summed E-state index contributed by atoms with van der Waals surface area (Å²) in [7, 11) is 0. The van der Waals surface area contributed by atoms with E-state index in [-0.39, 0.29) is 11.6 Å². The molecule has 5 nitrogen and oxygen atoms in total. The molecule has 0 spiro atoms. The van der Waals surface area contributed by atoms with Gasteiger partial charge in [0.25, 0.3) is 5.56 Å². The number of rotatable bonds is 5. The van der Waals surface area contributed by atoms with Gasteiger partial charge in [-0.25, -0.2) is 9.97 Å². The van der Waals surface area contributed by atoms with E-state index in [1.54, 1.807) is 33.6 Å². The number of nitrogens with zero attached hydrogens (tertiary/aromatic N) is 3. The Hall–Kier alpha value is -2.35. The van der Waals surface area contributed by atoms with Gasteiger partial charge in [0.05, 0.1) is 28.5 Å². The molecule has 2 unspecified atom stereocenters. The summed E-state index contributed by atoms with van der Waals surface area (Å²) in [5.41, 5.74) is 4.81. The van der Waals surface area contributed by atoms with Gasteiger partial charge in [0.1, 0.15) is 4.83 Å². The Labute approximate surface area is 189 Å². The highest BCUT2D eigenvalue weighted by Gasteiger charge is 2.26. The van der Waals surface area contributed by atoms with E-state index >= 15 is 0 Å². The van der Waals surface area contributed by atoms with E-state index in [4.69, 9.17) is 0 Å². The van der Waals surface area contributed by atoms with Crippen LogP contribution in [0.2, 0.25) is 0 Å². The van der Waals surface area contributed by atoms with Crippen LogP contribution in [0.1, 0.15) is 51.7 Å². The topological polar surface area (TPSA) is 59.8 Å². The van der Waals surface area contributed by atoms with Gasteiger partial charge in [-0.2, -0.15) is 0 Å². The molecular weight excluding hydrogens is 424 g/mol.